The van der Waals surface area contributed by atoms with Crippen molar-refractivity contribution in [1.82, 2.24) is 15.5 Å². The van der Waals surface area contributed by atoms with E-state index in [2.05, 4.69) is 15.5 Å². The van der Waals surface area contributed by atoms with Crippen molar-refractivity contribution < 1.29 is 23.2 Å². The van der Waals surface area contributed by atoms with Gasteiger partial charge in [0.1, 0.15) is 11.9 Å². The van der Waals surface area contributed by atoms with Gasteiger partial charge in [0, 0.05) is 5.56 Å². The van der Waals surface area contributed by atoms with Crippen molar-refractivity contribution in [2.75, 3.05) is 18.0 Å². The SMILES string of the molecule is NC(=O)NCC1CN(c2ccc(-c3nc(-c4ccccc4)no3)c(F)c2)C(=O)O1. The van der Waals surface area contributed by atoms with Crippen molar-refractivity contribution >= 4 is 17.8 Å². The van der Waals surface area contributed by atoms with E-state index in [1.807, 2.05) is 30.3 Å². The van der Waals surface area contributed by atoms with E-state index >= 15 is 0 Å². The van der Waals surface area contributed by atoms with E-state index < -0.39 is 24.0 Å². The number of cyclic esters (lactones) is 1. The molecule has 4 rings (SSSR count). The highest BCUT2D eigenvalue weighted by Gasteiger charge is 2.33. The van der Waals surface area contributed by atoms with Gasteiger partial charge >= 0.3 is 12.1 Å². The fourth-order valence-corrected chi connectivity index (χ4v) is 2.94. The molecule has 3 amide bonds. The van der Waals surface area contributed by atoms with Gasteiger partial charge in [-0.15, -0.1) is 0 Å². The highest BCUT2D eigenvalue weighted by molar-refractivity contribution is 5.90. The molecule has 1 atom stereocenters. The van der Waals surface area contributed by atoms with Crippen LogP contribution in [0, 0.1) is 5.82 Å². The number of carbonyl (C=O) groups is 2. The van der Waals surface area contributed by atoms with Crippen molar-refractivity contribution in [3.8, 4) is 22.8 Å². The number of amides is 3. The van der Waals surface area contributed by atoms with Gasteiger partial charge in [-0.25, -0.2) is 14.0 Å². The Kier molecular flexibility index (Phi) is 4.82. The second-order valence-corrected chi connectivity index (χ2v) is 6.31. The van der Waals surface area contributed by atoms with E-state index in [0.29, 0.717) is 11.5 Å². The van der Waals surface area contributed by atoms with Crippen LogP contribution in [0.5, 0.6) is 0 Å². The summed E-state index contributed by atoms with van der Waals surface area (Å²) in [6, 6.07) is 12.6. The molecule has 1 aromatic heterocycles. The number of primary amides is 1. The molecule has 9 nitrogen and oxygen atoms in total. The lowest BCUT2D eigenvalue weighted by molar-refractivity contribution is 0.141. The average Bonchev–Trinajstić information content (AvgIpc) is 3.34. The number of rotatable bonds is 5. The van der Waals surface area contributed by atoms with Crippen LogP contribution >= 0.6 is 0 Å². The summed E-state index contributed by atoms with van der Waals surface area (Å²) in [6.07, 6.45) is -1.22. The number of anilines is 1. The second-order valence-electron chi connectivity index (χ2n) is 6.31. The van der Waals surface area contributed by atoms with Crippen molar-refractivity contribution in [3.63, 3.8) is 0 Å². The number of benzene rings is 2. The number of carbonyl (C=O) groups excluding carboxylic acids is 2. The van der Waals surface area contributed by atoms with Crippen molar-refractivity contribution in [2.45, 2.75) is 6.10 Å². The van der Waals surface area contributed by atoms with Gasteiger partial charge in [-0.1, -0.05) is 35.5 Å². The minimum Gasteiger partial charge on any atom is -0.442 e. The predicted molar refractivity (Wildman–Crippen MR) is 100 cm³/mol. The number of ether oxygens (including phenoxy) is 1. The van der Waals surface area contributed by atoms with E-state index in [0.717, 1.165) is 5.56 Å². The van der Waals surface area contributed by atoms with Gasteiger partial charge in [-0.3, -0.25) is 4.90 Å². The highest BCUT2D eigenvalue weighted by atomic mass is 19.1. The zero-order valence-corrected chi connectivity index (χ0v) is 15.0. The van der Waals surface area contributed by atoms with Gasteiger partial charge in [-0.05, 0) is 18.2 Å². The fraction of sp³-hybridized carbons (Fsp3) is 0.158. The Morgan fingerprint density at radius 3 is 2.79 bits per heavy atom. The zero-order chi connectivity index (χ0) is 20.4. The van der Waals surface area contributed by atoms with E-state index in [9.17, 15) is 14.0 Å². The highest BCUT2D eigenvalue weighted by Crippen LogP contribution is 2.29. The van der Waals surface area contributed by atoms with Crippen molar-refractivity contribution in [3.05, 3.63) is 54.3 Å². The minimum atomic E-state index is -0.718. The maximum absolute atomic E-state index is 14.7. The number of hydrogen-bond acceptors (Lipinski definition) is 6. The van der Waals surface area contributed by atoms with Crippen LogP contribution in [0.25, 0.3) is 22.8 Å². The normalized spacial score (nSPS) is 16.0. The fourth-order valence-electron chi connectivity index (χ4n) is 2.94. The molecule has 1 saturated heterocycles. The molecule has 0 radical (unpaired) electrons. The smallest absolute Gasteiger partial charge is 0.414 e. The summed E-state index contributed by atoms with van der Waals surface area (Å²) in [6.45, 7) is 0.221. The Morgan fingerprint density at radius 1 is 1.28 bits per heavy atom. The molecular weight excluding hydrogens is 381 g/mol. The topological polar surface area (TPSA) is 124 Å². The first-order chi connectivity index (χ1) is 14.0. The Balaban J connectivity index is 1.52. The van der Waals surface area contributed by atoms with E-state index in [-0.39, 0.29) is 24.5 Å². The number of aromatic nitrogens is 2. The largest absolute Gasteiger partial charge is 0.442 e. The minimum absolute atomic E-state index is 0.0282. The Morgan fingerprint density at radius 2 is 2.07 bits per heavy atom. The number of nitrogens with one attached hydrogen (secondary N) is 1. The van der Waals surface area contributed by atoms with Gasteiger partial charge in [-0.2, -0.15) is 4.98 Å². The first-order valence-electron chi connectivity index (χ1n) is 8.72. The quantitative estimate of drug-likeness (QED) is 0.682. The Bertz CT molecular complexity index is 1060. The summed E-state index contributed by atoms with van der Waals surface area (Å²) >= 11 is 0. The molecule has 3 N–H and O–H groups in total. The number of halogens is 1. The molecule has 29 heavy (non-hydrogen) atoms. The summed E-state index contributed by atoms with van der Waals surface area (Å²) < 4.78 is 25.0. The molecule has 1 unspecified atom stereocenters. The summed E-state index contributed by atoms with van der Waals surface area (Å²) in [5.41, 5.74) is 6.17. The monoisotopic (exact) mass is 397 g/mol. The molecule has 2 aromatic carbocycles. The Hall–Kier alpha value is -3.95. The van der Waals surface area contributed by atoms with Gasteiger partial charge in [0.2, 0.25) is 5.82 Å². The number of nitrogens with two attached hydrogens (primary N) is 1. The van der Waals surface area contributed by atoms with Crippen LogP contribution in [0.2, 0.25) is 0 Å². The molecule has 1 aliphatic rings. The molecule has 3 aromatic rings. The van der Waals surface area contributed by atoms with Crippen LogP contribution in [-0.4, -0.2) is 41.5 Å². The molecule has 10 heteroatoms. The molecule has 2 heterocycles. The van der Waals surface area contributed by atoms with Crippen LogP contribution in [0.3, 0.4) is 0 Å². The standard InChI is InChI=1S/C19H16FN5O4/c20-15-8-12(25-10-13(28-19(25)27)9-22-18(21)26)6-7-14(15)17-23-16(24-29-17)11-4-2-1-3-5-11/h1-8,13H,9-10H2,(H3,21,22,26). The predicted octanol–water partition coefficient (Wildman–Crippen LogP) is 2.54. The molecule has 0 saturated carbocycles. The van der Waals surface area contributed by atoms with Crippen LogP contribution in [0.4, 0.5) is 19.7 Å². The first-order valence-corrected chi connectivity index (χ1v) is 8.72. The molecule has 148 valence electrons. The number of hydrogen-bond donors (Lipinski definition) is 2. The molecule has 1 fully saturated rings. The van der Waals surface area contributed by atoms with Gasteiger partial charge in [0.05, 0.1) is 24.3 Å². The van der Waals surface area contributed by atoms with E-state index in [4.69, 9.17) is 15.0 Å². The maximum Gasteiger partial charge on any atom is 0.414 e. The van der Waals surface area contributed by atoms with E-state index in [1.165, 1.54) is 17.0 Å². The summed E-state index contributed by atoms with van der Waals surface area (Å²) in [7, 11) is 0. The second kappa shape index (κ2) is 7.58. The third-order valence-electron chi connectivity index (χ3n) is 4.33. The molecule has 0 spiro atoms. The maximum atomic E-state index is 14.7. The number of urea groups is 1. The van der Waals surface area contributed by atoms with Gasteiger partial charge in [0.15, 0.2) is 0 Å². The summed E-state index contributed by atoms with van der Waals surface area (Å²) in [5, 5.41) is 6.25. The molecule has 1 aliphatic heterocycles. The third-order valence-corrected chi connectivity index (χ3v) is 4.33. The lowest BCUT2D eigenvalue weighted by atomic mass is 10.1. The Labute approximate surface area is 164 Å². The van der Waals surface area contributed by atoms with Gasteiger partial charge < -0.3 is 20.3 Å². The first kappa shape index (κ1) is 18.4. The number of nitrogens with zero attached hydrogens (tertiary/aromatic N) is 3. The zero-order valence-electron chi connectivity index (χ0n) is 15.0. The van der Waals surface area contributed by atoms with Crippen LogP contribution in [0.1, 0.15) is 0 Å². The lowest BCUT2D eigenvalue weighted by Crippen LogP contribution is -2.37. The van der Waals surface area contributed by atoms with Crippen molar-refractivity contribution in [1.29, 1.82) is 0 Å². The third kappa shape index (κ3) is 3.86. The molecular formula is C19H16FN5O4. The van der Waals surface area contributed by atoms with Crippen LogP contribution in [-0.2, 0) is 4.74 Å². The molecule has 0 aliphatic carbocycles. The van der Waals surface area contributed by atoms with Crippen LogP contribution < -0.4 is 16.0 Å². The van der Waals surface area contributed by atoms with Crippen molar-refractivity contribution in [2.24, 2.45) is 5.73 Å². The average molecular weight is 397 g/mol. The summed E-state index contributed by atoms with van der Waals surface area (Å²) in [4.78, 5) is 28.3. The van der Waals surface area contributed by atoms with E-state index in [1.54, 1.807) is 6.07 Å². The van der Waals surface area contributed by atoms with Crippen LogP contribution in [0.15, 0.2) is 53.1 Å². The van der Waals surface area contributed by atoms with Gasteiger partial charge in [0.25, 0.3) is 5.89 Å². The lowest BCUT2D eigenvalue weighted by Gasteiger charge is -2.13. The summed E-state index contributed by atoms with van der Waals surface area (Å²) in [5.74, 6) is -0.255. The molecule has 0 bridgehead atoms.